The van der Waals surface area contributed by atoms with Crippen LogP contribution >= 0.6 is 0 Å². The molecule has 0 saturated carbocycles. The number of carbonyl (C=O) groups excluding carboxylic acids is 2. The molecule has 0 aromatic carbocycles. The lowest BCUT2D eigenvalue weighted by molar-refractivity contribution is -0.147. The molecule has 20 heavy (non-hydrogen) atoms. The minimum absolute atomic E-state index is 0.220. The summed E-state index contributed by atoms with van der Waals surface area (Å²) in [4.78, 5) is 25.8. The molecule has 1 rings (SSSR count). The van der Waals surface area contributed by atoms with Gasteiger partial charge in [0.05, 0.1) is 18.6 Å². The van der Waals surface area contributed by atoms with Gasteiger partial charge in [0.1, 0.15) is 5.60 Å². The summed E-state index contributed by atoms with van der Waals surface area (Å²) in [5, 5.41) is 0. The Labute approximate surface area is 120 Å². The number of hydrogen-bond acceptors (Lipinski definition) is 4. The Hall–Kier alpha value is -1.36. The van der Waals surface area contributed by atoms with Gasteiger partial charge in [0.2, 0.25) is 5.91 Å². The van der Waals surface area contributed by atoms with E-state index in [2.05, 4.69) is 6.58 Å². The van der Waals surface area contributed by atoms with E-state index < -0.39 is 17.1 Å². The molecule has 0 radical (unpaired) electrons. The zero-order valence-corrected chi connectivity index (χ0v) is 12.9. The molecule has 0 spiro atoms. The molecule has 5 heteroatoms. The van der Waals surface area contributed by atoms with Gasteiger partial charge in [-0.1, -0.05) is 6.08 Å². The summed E-state index contributed by atoms with van der Waals surface area (Å²) in [5.41, 5.74) is -1.28. The van der Waals surface area contributed by atoms with Crippen LogP contribution in [0.4, 0.5) is 4.79 Å². The summed E-state index contributed by atoms with van der Waals surface area (Å²) < 4.78 is 10.7. The van der Waals surface area contributed by atoms with E-state index in [-0.39, 0.29) is 12.5 Å². The number of hydrogen-bond donors (Lipinski definition) is 0. The van der Waals surface area contributed by atoms with E-state index in [1.54, 1.807) is 26.8 Å². The molecule has 0 aromatic heterocycles. The third kappa shape index (κ3) is 4.34. The van der Waals surface area contributed by atoms with Crippen molar-refractivity contribution in [2.75, 3.05) is 19.8 Å². The predicted octanol–water partition coefficient (Wildman–Crippen LogP) is 2.75. The van der Waals surface area contributed by atoms with Crippen LogP contribution in [-0.2, 0) is 14.3 Å². The molecule has 1 heterocycles. The van der Waals surface area contributed by atoms with E-state index in [0.29, 0.717) is 19.6 Å². The van der Waals surface area contributed by atoms with Gasteiger partial charge in [-0.2, -0.15) is 0 Å². The van der Waals surface area contributed by atoms with Crippen molar-refractivity contribution in [2.24, 2.45) is 5.41 Å². The molecule has 0 N–H and O–H groups in total. The molecule has 0 aromatic rings. The summed E-state index contributed by atoms with van der Waals surface area (Å²) in [6.45, 7) is 11.8. The molecule has 1 atom stereocenters. The summed E-state index contributed by atoms with van der Waals surface area (Å²) in [6, 6.07) is 0. The summed E-state index contributed by atoms with van der Waals surface area (Å²) in [6.07, 6.45) is 2.54. The highest BCUT2D eigenvalue weighted by Gasteiger charge is 2.43. The van der Waals surface area contributed by atoms with Gasteiger partial charge in [-0.05, 0) is 40.5 Å². The highest BCUT2D eigenvalue weighted by Crippen LogP contribution is 2.32. The standard InChI is InChI=1S/C15H25NO4/c1-6-10-19-11-15(5)8-7-9-16(12(15)17)13(18)20-14(2,3)4/h6H,1,7-11H2,2-5H3/t15-/m0/s1. The van der Waals surface area contributed by atoms with Crippen LogP contribution in [0.15, 0.2) is 12.7 Å². The fourth-order valence-corrected chi connectivity index (χ4v) is 2.15. The molecule has 0 bridgehead atoms. The summed E-state index contributed by atoms with van der Waals surface area (Å²) in [7, 11) is 0. The van der Waals surface area contributed by atoms with Crippen LogP contribution in [0.25, 0.3) is 0 Å². The maximum absolute atomic E-state index is 12.5. The monoisotopic (exact) mass is 283 g/mol. The van der Waals surface area contributed by atoms with Crippen molar-refractivity contribution in [3.05, 3.63) is 12.7 Å². The van der Waals surface area contributed by atoms with E-state index >= 15 is 0 Å². The Bertz CT molecular complexity index is 386. The third-order valence-electron chi connectivity index (χ3n) is 3.14. The molecule has 1 saturated heterocycles. The average Bonchev–Trinajstić information content (AvgIpc) is 2.31. The fraction of sp³-hybridized carbons (Fsp3) is 0.733. The Morgan fingerprint density at radius 2 is 2.15 bits per heavy atom. The van der Waals surface area contributed by atoms with Crippen molar-refractivity contribution in [2.45, 2.75) is 46.1 Å². The normalized spacial score (nSPS) is 23.6. The molecule has 1 aliphatic heterocycles. The van der Waals surface area contributed by atoms with Crippen molar-refractivity contribution in [3.63, 3.8) is 0 Å². The number of rotatable bonds is 4. The lowest BCUT2D eigenvalue weighted by Crippen LogP contribution is -2.53. The van der Waals surface area contributed by atoms with Gasteiger partial charge >= 0.3 is 6.09 Å². The first-order valence-corrected chi connectivity index (χ1v) is 6.93. The molecule has 0 aliphatic carbocycles. The van der Waals surface area contributed by atoms with Gasteiger partial charge in [-0.15, -0.1) is 6.58 Å². The Morgan fingerprint density at radius 3 is 2.70 bits per heavy atom. The molecular weight excluding hydrogens is 258 g/mol. The SMILES string of the molecule is C=CCOC[C@]1(C)CCCN(C(=O)OC(C)(C)C)C1=O. The van der Waals surface area contributed by atoms with Crippen LogP contribution < -0.4 is 0 Å². The van der Waals surface area contributed by atoms with Gasteiger partial charge in [0.15, 0.2) is 0 Å². The maximum atomic E-state index is 12.5. The molecule has 1 fully saturated rings. The average molecular weight is 283 g/mol. The molecule has 2 amide bonds. The van der Waals surface area contributed by atoms with Crippen LogP contribution in [0, 0.1) is 5.41 Å². The molecule has 114 valence electrons. The lowest BCUT2D eigenvalue weighted by atomic mass is 9.82. The summed E-state index contributed by atoms with van der Waals surface area (Å²) in [5.74, 6) is -0.220. The molecule has 0 unspecified atom stereocenters. The number of ether oxygens (including phenoxy) is 2. The first-order chi connectivity index (χ1) is 9.19. The summed E-state index contributed by atoms with van der Waals surface area (Å²) >= 11 is 0. The van der Waals surface area contributed by atoms with Gasteiger partial charge in [0.25, 0.3) is 0 Å². The number of nitrogens with zero attached hydrogens (tertiary/aromatic N) is 1. The van der Waals surface area contributed by atoms with E-state index in [1.807, 2.05) is 6.92 Å². The largest absolute Gasteiger partial charge is 0.443 e. The predicted molar refractivity (Wildman–Crippen MR) is 76.3 cm³/mol. The van der Waals surface area contributed by atoms with Crippen molar-refractivity contribution in [1.29, 1.82) is 0 Å². The highest BCUT2D eigenvalue weighted by atomic mass is 16.6. The second-order valence-electron chi connectivity index (χ2n) is 6.41. The van der Waals surface area contributed by atoms with E-state index in [4.69, 9.17) is 9.47 Å². The van der Waals surface area contributed by atoms with Gasteiger partial charge in [-0.25, -0.2) is 9.69 Å². The van der Waals surface area contributed by atoms with E-state index in [0.717, 1.165) is 6.42 Å². The quantitative estimate of drug-likeness (QED) is 0.588. The first-order valence-electron chi connectivity index (χ1n) is 6.93. The Balaban J connectivity index is 2.72. The van der Waals surface area contributed by atoms with Gasteiger partial charge in [0, 0.05) is 6.54 Å². The second kappa shape index (κ2) is 6.39. The maximum Gasteiger partial charge on any atom is 0.417 e. The number of amides is 2. The topological polar surface area (TPSA) is 55.8 Å². The van der Waals surface area contributed by atoms with Crippen molar-refractivity contribution < 1.29 is 19.1 Å². The lowest BCUT2D eigenvalue weighted by Gasteiger charge is -2.38. The van der Waals surface area contributed by atoms with Crippen LogP contribution in [0.3, 0.4) is 0 Å². The molecule has 5 nitrogen and oxygen atoms in total. The van der Waals surface area contributed by atoms with Gasteiger partial charge < -0.3 is 9.47 Å². The van der Waals surface area contributed by atoms with Gasteiger partial charge in [-0.3, -0.25) is 4.79 Å². The number of likely N-dealkylation sites (tertiary alicyclic amines) is 1. The van der Waals surface area contributed by atoms with Crippen molar-refractivity contribution >= 4 is 12.0 Å². The Kier molecular flexibility index (Phi) is 5.34. The fourth-order valence-electron chi connectivity index (χ4n) is 2.15. The van der Waals surface area contributed by atoms with Crippen LogP contribution in [0.5, 0.6) is 0 Å². The van der Waals surface area contributed by atoms with Crippen LogP contribution in [0.2, 0.25) is 0 Å². The second-order valence-corrected chi connectivity index (χ2v) is 6.41. The zero-order chi connectivity index (χ0) is 15.4. The first kappa shape index (κ1) is 16.7. The highest BCUT2D eigenvalue weighted by molar-refractivity contribution is 5.96. The van der Waals surface area contributed by atoms with E-state index in [9.17, 15) is 9.59 Å². The smallest absolute Gasteiger partial charge is 0.417 e. The third-order valence-corrected chi connectivity index (χ3v) is 3.14. The molecular formula is C15H25NO4. The molecule has 1 aliphatic rings. The van der Waals surface area contributed by atoms with Crippen LogP contribution in [-0.4, -0.2) is 42.3 Å². The van der Waals surface area contributed by atoms with Crippen molar-refractivity contribution in [1.82, 2.24) is 4.90 Å². The van der Waals surface area contributed by atoms with E-state index in [1.165, 1.54) is 4.90 Å². The number of carbonyl (C=O) groups is 2. The zero-order valence-electron chi connectivity index (χ0n) is 12.9. The minimum Gasteiger partial charge on any atom is -0.443 e. The number of piperidine rings is 1. The number of imide groups is 1. The van der Waals surface area contributed by atoms with Crippen molar-refractivity contribution in [3.8, 4) is 0 Å². The Morgan fingerprint density at radius 1 is 1.50 bits per heavy atom. The minimum atomic E-state index is -0.668. The van der Waals surface area contributed by atoms with Crippen LogP contribution in [0.1, 0.15) is 40.5 Å².